The van der Waals surface area contributed by atoms with Crippen LogP contribution in [0.4, 0.5) is 11.4 Å². The van der Waals surface area contributed by atoms with Crippen molar-refractivity contribution in [1.82, 2.24) is 0 Å². The normalized spacial score (nSPS) is 13.5. The van der Waals surface area contributed by atoms with Gasteiger partial charge in [-0.2, -0.15) is 0 Å². The number of fused-ring (bicyclic) bond motifs is 1. The van der Waals surface area contributed by atoms with Gasteiger partial charge < -0.3 is 15.4 Å². The van der Waals surface area contributed by atoms with Crippen LogP contribution in [0.2, 0.25) is 0 Å². The predicted molar refractivity (Wildman–Crippen MR) is 93.3 cm³/mol. The van der Waals surface area contributed by atoms with Crippen molar-refractivity contribution >= 4 is 23.2 Å². The molecule has 1 aliphatic heterocycles. The van der Waals surface area contributed by atoms with Gasteiger partial charge in [0, 0.05) is 17.8 Å². The summed E-state index contributed by atoms with van der Waals surface area (Å²) >= 11 is 0. The number of amides is 2. The van der Waals surface area contributed by atoms with Gasteiger partial charge in [0.1, 0.15) is 5.75 Å². The lowest BCUT2D eigenvalue weighted by Crippen LogP contribution is -2.20. The third-order valence-corrected chi connectivity index (χ3v) is 3.97. The molecule has 5 nitrogen and oxygen atoms in total. The van der Waals surface area contributed by atoms with Crippen LogP contribution in [0.5, 0.6) is 5.75 Å². The molecule has 0 radical (unpaired) electrons. The summed E-state index contributed by atoms with van der Waals surface area (Å²) in [6, 6.07) is 13.1. The van der Waals surface area contributed by atoms with E-state index in [-0.39, 0.29) is 18.4 Å². The summed E-state index contributed by atoms with van der Waals surface area (Å²) in [6.45, 7) is 1.90. The second-order valence-corrected chi connectivity index (χ2v) is 5.88. The Bertz CT molecular complexity index is 771. The van der Waals surface area contributed by atoms with Gasteiger partial charge in [0.2, 0.25) is 5.91 Å². The van der Waals surface area contributed by atoms with Crippen molar-refractivity contribution in [3.05, 3.63) is 53.6 Å². The third kappa shape index (κ3) is 3.93. The number of nitrogens with one attached hydrogen (secondary N) is 2. The van der Waals surface area contributed by atoms with Crippen molar-refractivity contribution in [1.29, 1.82) is 0 Å². The number of para-hydroxylation sites is 1. The number of ether oxygens (including phenoxy) is 1. The van der Waals surface area contributed by atoms with E-state index in [4.69, 9.17) is 4.74 Å². The molecule has 124 valence electrons. The molecule has 1 aliphatic rings. The summed E-state index contributed by atoms with van der Waals surface area (Å²) in [4.78, 5) is 23.6. The van der Waals surface area contributed by atoms with E-state index in [1.54, 1.807) is 6.07 Å². The molecule has 0 aromatic heterocycles. The monoisotopic (exact) mass is 324 g/mol. The van der Waals surface area contributed by atoms with Gasteiger partial charge >= 0.3 is 0 Å². The van der Waals surface area contributed by atoms with E-state index in [2.05, 4.69) is 10.6 Å². The molecule has 0 bridgehead atoms. The highest BCUT2D eigenvalue weighted by Gasteiger charge is 2.13. The Morgan fingerprint density at radius 2 is 2.04 bits per heavy atom. The average molecular weight is 324 g/mol. The molecule has 0 saturated heterocycles. The summed E-state index contributed by atoms with van der Waals surface area (Å²) in [5.74, 6) is 0.533. The first-order chi connectivity index (χ1) is 11.6. The number of benzene rings is 2. The zero-order valence-electron chi connectivity index (χ0n) is 13.6. The summed E-state index contributed by atoms with van der Waals surface area (Å²) in [7, 11) is 0. The highest BCUT2D eigenvalue weighted by molar-refractivity contribution is 5.94. The van der Waals surface area contributed by atoms with Gasteiger partial charge in [0.25, 0.3) is 5.91 Å². The lowest BCUT2D eigenvalue weighted by atomic mass is 10.1. The molecule has 0 atom stereocenters. The highest BCUT2D eigenvalue weighted by atomic mass is 16.5. The number of rotatable bonds is 4. The summed E-state index contributed by atoms with van der Waals surface area (Å²) in [6.07, 6.45) is 2.16. The largest absolute Gasteiger partial charge is 0.483 e. The maximum Gasteiger partial charge on any atom is 0.262 e. The molecular weight excluding hydrogens is 304 g/mol. The quantitative estimate of drug-likeness (QED) is 0.907. The Morgan fingerprint density at radius 3 is 2.88 bits per heavy atom. The van der Waals surface area contributed by atoms with E-state index in [0.717, 1.165) is 29.7 Å². The van der Waals surface area contributed by atoms with E-state index in [9.17, 15) is 9.59 Å². The predicted octanol–water partition coefficient (Wildman–Crippen LogP) is 3.29. The van der Waals surface area contributed by atoms with Crippen LogP contribution in [-0.4, -0.2) is 18.4 Å². The number of anilines is 2. The number of carbonyl (C=O) groups is 2. The van der Waals surface area contributed by atoms with Crippen LogP contribution in [0.1, 0.15) is 24.0 Å². The van der Waals surface area contributed by atoms with Crippen molar-refractivity contribution in [3.8, 4) is 5.75 Å². The van der Waals surface area contributed by atoms with Crippen LogP contribution in [0.25, 0.3) is 0 Å². The average Bonchev–Trinajstić information content (AvgIpc) is 2.74. The van der Waals surface area contributed by atoms with Crippen molar-refractivity contribution in [2.45, 2.75) is 26.2 Å². The van der Waals surface area contributed by atoms with Crippen molar-refractivity contribution in [2.24, 2.45) is 0 Å². The van der Waals surface area contributed by atoms with Crippen molar-refractivity contribution < 1.29 is 14.3 Å². The Morgan fingerprint density at radius 1 is 1.21 bits per heavy atom. The first kappa shape index (κ1) is 16.1. The fourth-order valence-corrected chi connectivity index (χ4v) is 2.71. The van der Waals surface area contributed by atoms with Crippen LogP contribution in [0, 0.1) is 6.92 Å². The third-order valence-electron chi connectivity index (χ3n) is 3.97. The molecule has 0 saturated carbocycles. The number of hydrogen-bond acceptors (Lipinski definition) is 3. The Hall–Kier alpha value is -2.82. The minimum Gasteiger partial charge on any atom is -0.483 e. The number of carbonyl (C=O) groups excluding carboxylic acids is 2. The first-order valence-corrected chi connectivity index (χ1v) is 8.03. The van der Waals surface area contributed by atoms with Crippen LogP contribution < -0.4 is 15.4 Å². The van der Waals surface area contributed by atoms with Gasteiger partial charge in [-0.3, -0.25) is 9.59 Å². The zero-order valence-corrected chi connectivity index (χ0v) is 13.6. The van der Waals surface area contributed by atoms with E-state index in [1.165, 1.54) is 0 Å². The molecule has 1 heterocycles. The van der Waals surface area contributed by atoms with Crippen molar-refractivity contribution in [3.63, 3.8) is 0 Å². The summed E-state index contributed by atoms with van der Waals surface area (Å²) in [5.41, 5.74) is 3.57. The maximum absolute atomic E-state index is 12.1. The zero-order chi connectivity index (χ0) is 16.9. The summed E-state index contributed by atoms with van der Waals surface area (Å²) in [5, 5.41) is 5.72. The van der Waals surface area contributed by atoms with Gasteiger partial charge in [-0.05, 0) is 55.2 Å². The highest BCUT2D eigenvalue weighted by Crippen LogP contribution is 2.25. The van der Waals surface area contributed by atoms with Gasteiger partial charge in [0.15, 0.2) is 6.61 Å². The second-order valence-electron chi connectivity index (χ2n) is 5.88. The lowest BCUT2D eigenvalue weighted by molar-refractivity contribution is -0.118. The lowest BCUT2D eigenvalue weighted by Gasteiger charge is -2.12. The molecule has 0 unspecified atom stereocenters. The first-order valence-electron chi connectivity index (χ1n) is 8.03. The van der Waals surface area contributed by atoms with Gasteiger partial charge in [-0.15, -0.1) is 0 Å². The van der Waals surface area contributed by atoms with E-state index in [0.29, 0.717) is 17.9 Å². The Kier molecular flexibility index (Phi) is 4.79. The molecule has 2 amide bonds. The number of aryl methyl sites for hydroxylation is 2. The molecule has 2 aromatic carbocycles. The standard InChI is InChI=1S/C19H20N2O3/c1-13-5-2-3-7-17(13)24-12-19(23)20-15-9-10-16-14(11-15)6-4-8-18(22)21-16/h2-3,5,7,9-11H,4,6,8,12H2,1H3,(H,20,23)(H,21,22). The second kappa shape index (κ2) is 7.17. The van der Waals surface area contributed by atoms with Crippen LogP contribution in [-0.2, 0) is 16.0 Å². The number of hydrogen-bond donors (Lipinski definition) is 2. The molecule has 0 spiro atoms. The van der Waals surface area contributed by atoms with E-state index in [1.807, 2.05) is 43.3 Å². The van der Waals surface area contributed by atoms with Crippen LogP contribution in [0.15, 0.2) is 42.5 Å². The van der Waals surface area contributed by atoms with Crippen LogP contribution >= 0.6 is 0 Å². The van der Waals surface area contributed by atoms with E-state index < -0.39 is 0 Å². The molecule has 2 N–H and O–H groups in total. The fraction of sp³-hybridized carbons (Fsp3) is 0.263. The molecule has 5 heteroatoms. The van der Waals surface area contributed by atoms with Gasteiger partial charge in [-0.25, -0.2) is 0 Å². The van der Waals surface area contributed by atoms with Crippen LogP contribution in [0.3, 0.4) is 0 Å². The molecule has 3 rings (SSSR count). The van der Waals surface area contributed by atoms with Crippen molar-refractivity contribution in [2.75, 3.05) is 17.2 Å². The topological polar surface area (TPSA) is 67.4 Å². The Labute approximate surface area is 141 Å². The smallest absolute Gasteiger partial charge is 0.262 e. The fourth-order valence-electron chi connectivity index (χ4n) is 2.71. The van der Waals surface area contributed by atoms with Gasteiger partial charge in [-0.1, -0.05) is 18.2 Å². The molecule has 0 aliphatic carbocycles. The minimum absolute atomic E-state index is 0.0390. The van der Waals surface area contributed by atoms with E-state index >= 15 is 0 Å². The SMILES string of the molecule is Cc1ccccc1OCC(=O)Nc1ccc2c(c1)CCCC(=O)N2. The maximum atomic E-state index is 12.1. The molecule has 0 fully saturated rings. The molecule has 2 aromatic rings. The van der Waals surface area contributed by atoms with Gasteiger partial charge in [0.05, 0.1) is 0 Å². The Balaban J connectivity index is 1.61. The molecule has 24 heavy (non-hydrogen) atoms. The molecular formula is C19H20N2O3. The minimum atomic E-state index is -0.212. The summed E-state index contributed by atoms with van der Waals surface area (Å²) < 4.78 is 5.55.